The normalized spacial score (nSPS) is 31.5. The largest absolute Gasteiger partial charge is 0.445 e. The number of hydrogen-bond acceptors (Lipinski definition) is 3. The third-order valence-corrected chi connectivity index (χ3v) is 3.34. The Hall–Kier alpha value is -0.830. The average Bonchev–Trinajstić information content (AvgIpc) is 2.58. The van der Waals surface area contributed by atoms with Crippen LogP contribution < -0.4 is 5.32 Å². The Kier molecular flexibility index (Phi) is 2.59. The zero-order chi connectivity index (χ0) is 10.1. The van der Waals surface area contributed by atoms with Gasteiger partial charge in [0.2, 0.25) is 5.89 Å². The van der Waals surface area contributed by atoms with Crippen molar-refractivity contribution in [2.75, 3.05) is 0 Å². The van der Waals surface area contributed by atoms with Crippen molar-refractivity contribution in [3.05, 3.63) is 17.8 Å². The molecule has 3 heteroatoms. The highest BCUT2D eigenvalue weighted by Crippen LogP contribution is 2.33. The molecule has 1 aliphatic rings. The first-order chi connectivity index (χ1) is 6.66. The molecule has 1 aromatic rings. The van der Waals surface area contributed by atoms with Crippen LogP contribution in [0.2, 0.25) is 0 Å². The van der Waals surface area contributed by atoms with Gasteiger partial charge < -0.3 is 9.73 Å². The highest BCUT2D eigenvalue weighted by atomic mass is 16.4. The standard InChI is InChI=1S/C11H18N2O/c1-7-4-10(9(7)3)12-6-11-13-5-8(2)14-11/h5,7,9-10,12H,4,6H2,1-3H3. The lowest BCUT2D eigenvalue weighted by Gasteiger charge is -2.41. The molecule has 1 fully saturated rings. The fraction of sp³-hybridized carbons (Fsp3) is 0.727. The van der Waals surface area contributed by atoms with Crippen molar-refractivity contribution in [1.82, 2.24) is 10.3 Å². The van der Waals surface area contributed by atoms with Crippen molar-refractivity contribution in [2.45, 2.75) is 39.8 Å². The van der Waals surface area contributed by atoms with E-state index in [1.54, 1.807) is 6.20 Å². The van der Waals surface area contributed by atoms with Gasteiger partial charge in [-0.2, -0.15) is 0 Å². The van der Waals surface area contributed by atoms with Crippen molar-refractivity contribution in [3.8, 4) is 0 Å². The van der Waals surface area contributed by atoms with Gasteiger partial charge in [0, 0.05) is 6.04 Å². The number of aryl methyl sites for hydroxylation is 1. The van der Waals surface area contributed by atoms with Crippen molar-refractivity contribution < 1.29 is 4.42 Å². The van der Waals surface area contributed by atoms with Crippen LogP contribution in [0.1, 0.15) is 31.9 Å². The number of rotatable bonds is 3. The summed E-state index contributed by atoms with van der Waals surface area (Å²) >= 11 is 0. The second kappa shape index (κ2) is 3.73. The third-order valence-electron chi connectivity index (χ3n) is 3.34. The molecule has 2 rings (SSSR count). The topological polar surface area (TPSA) is 38.1 Å². The summed E-state index contributed by atoms with van der Waals surface area (Å²) in [5.41, 5.74) is 0. The second-order valence-electron chi connectivity index (χ2n) is 4.42. The van der Waals surface area contributed by atoms with Gasteiger partial charge in [0.25, 0.3) is 0 Å². The molecule has 1 aliphatic carbocycles. The molecule has 3 nitrogen and oxygen atoms in total. The number of nitrogens with one attached hydrogen (secondary N) is 1. The Morgan fingerprint density at radius 1 is 1.57 bits per heavy atom. The van der Waals surface area contributed by atoms with E-state index in [0.29, 0.717) is 6.04 Å². The summed E-state index contributed by atoms with van der Waals surface area (Å²) in [4.78, 5) is 4.16. The highest BCUT2D eigenvalue weighted by molar-refractivity contribution is 4.93. The zero-order valence-electron chi connectivity index (χ0n) is 9.08. The maximum atomic E-state index is 5.39. The molecule has 0 bridgehead atoms. The van der Waals surface area contributed by atoms with E-state index < -0.39 is 0 Å². The molecule has 1 aromatic heterocycles. The molecular weight excluding hydrogens is 176 g/mol. The summed E-state index contributed by atoms with van der Waals surface area (Å²) in [5.74, 6) is 3.33. The Bertz CT molecular complexity index is 308. The van der Waals surface area contributed by atoms with Gasteiger partial charge in [-0.3, -0.25) is 0 Å². The van der Waals surface area contributed by atoms with Crippen LogP contribution in [0, 0.1) is 18.8 Å². The van der Waals surface area contributed by atoms with E-state index in [1.807, 2.05) is 6.92 Å². The van der Waals surface area contributed by atoms with E-state index >= 15 is 0 Å². The number of oxazole rings is 1. The number of nitrogens with zero attached hydrogens (tertiary/aromatic N) is 1. The summed E-state index contributed by atoms with van der Waals surface area (Å²) in [6, 6.07) is 0.650. The van der Waals surface area contributed by atoms with Crippen molar-refractivity contribution in [2.24, 2.45) is 11.8 Å². The van der Waals surface area contributed by atoms with Gasteiger partial charge in [0.15, 0.2) is 0 Å². The lowest BCUT2D eigenvalue weighted by Crippen LogP contribution is -2.47. The number of hydrogen-bond donors (Lipinski definition) is 1. The highest BCUT2D eigenvalue weighted by Gasteiger charge is 2.33. The maximum Gasteiger partial charge on any atom is 0.208 e. The van der Waals surface area contributed by atoms with E-state index in [-0.39, 0.29) is 0 Å². The van der Waals surface area contributed by atoms with Crippen LogP contribution in [0.5, 0.6) is 0 Å². The summed E-state index contributed by atoms with van der Waals surface area (Å²) in [5, 5.41) is 3.47. The van der Waals surface area contributed by atoms with Gasteiger partial charge >= 0.3 is 0 Å². The lowest BCUT2D eigenvalue weighted by molar-refractivity contribution is 0.133. The summed E-state index contributed by atoms with van der Waals surface area (Å²) < 4.78 is 5.39. The molecule has 78 valence electrons. The summed E-state index contributed by atoms with van der Waals surface area (Å²) in [7, 11) is 0. The molecule has 0 amide bonds. The van der Waals surface area contributed by atoms with Gasteiger partial charge in [-0.1, -0.05) is 13.8 Å². The summed E-state index contributed by atoms with van der Waals surface area (Å²) in [6.07, 6.45) is 3.05. The van der Waals surface area contributed by atoms with E-state index in [4.69, 9.17) is 4.42 Å². The van der Waals surface area contributed by atoms with Crippen LogP contribution in [0.4, 0.5) is 0 Å². The molecule has 0 aromatic carbocycles. The fourth-order valence-electron chi connectivity index (χ4n) is 2.00. The SMILES string of the molecule is Cc1cnc(CNC2CC(C)C2C)o1. The first-order valence-corrected chi connectivity index (χ1v) is 5.31. The molecule has 3 unspecified atom stereocenters. The van der Waals surface area contributed by atoms with Crippen LogP contribution >= 0.6 is 0 Å². The second-order valence-corrected chi connectivity index (χ2v) is 4.42. The molecule has 1 heterocycles. The predicted octanol–water partition coefficient (Wildman–Crippen LogP) is 2.12. The lowest BCUT2D eigenvalue weighted by atomic mass is 9.71. The molecule has 14 heavy (non-hydrogen) atoms. The Morgan fingerprint density at radius 2 is 2.36 bits per heavy atom. The smallest absolute Gasteiger partial charge is 0.208 e. The van der Waals surface area contributed by atoms with E-state index in [9.17, 15) is 0 Å². The maximum absolute atomic E-state index is 5.39. The van der Waals surface area contributed by atoms with Gasteiger partial charge in [-0.15, -0.1) is 0 Å². The van der Waals surface area contributed by atoms with Gasteiger partial charge in [0.05, 0.1) is 12.7 Å². The minimum atomic E-state index is 0.650. The first-order valence-electron chi connectivity index (χ1n) is 5.31. The van der Waals surface area contributed by atoms with Gasteiger partial charge in [-0.05, 0) is 25.2 Å². The molecule has 0 radical (unpaired) electrons. The molecule has 1 saturated carbocycles. The fourth-order valence-corrected chi connectivity index (χ4v) is 2.00. The Labute approximate surface area is 84.9 Å². The Balaban J connectivity index is 1.78. The molecule has 1 N–H and O–H groups in total. The molecule has 0 saturated heterocycles. The van der Waals surface area contributed by atoms with E-state index in [1.165, 1.54) is 6.42 Å². The summed E-state index contributed by atoms with van der Waals surface area (Å²) in [6.45, 7) is 7.28. The molecule has 3 atom stereocenters. The van der Waals surface area contributed by atoms with Crippen molar-refractivity contribution in [3.63, 3.8) is 0 Å². The monoisotopic (exact) mass is 194 g/mol. The van der Waals surface area contributed by atoms with E-state index in [0.717, 1.165) is 30.0 Å². The van der Waals surface area contributed by atoms with Crippen LogP contribution in [0.15, 0.2) is 10.6 Å². The Morgan fingerprint density at radius 3 is 2.86 bits per heavy atom. The van der Waals surface area contributed by atoms with E-state index in [2.05, 4.69) is 24.1 Å². The van der Waals surface area contributed by atoms with Crippen LogP contribution in [-0.2, 0) is 6.54 Å². The predicted molar refractivity (Wildman–Crippen MR) is 54.8 cm³/mol. The zero-order valence-corrected chi connectivity index (χ0v) is 9.08. The minimum absolute atomic E-state index is 0.650. The molecule has 0 spiro atoms. The van der Waals surface area contributed by atoms with Gasteiger partial charge in [-0.25, -0.2) is 4.98 Å². The van der Waals surface area contributed by atoms with Crippen molar-refractivity contribution >= 4 is 0 Å². The van der Waals surface area contributed by atoms with Crippen LogP contribution in [0.25, 0.3) is 0 Å². The third kappa shape index (κ3) is 1.82. The minimum Gasteiger partial charge on any atom is -0.445 e. The van der Waals surface area contributed by atoms with Gasteiger partial charge in [0.1, 0.15) is 5.76 Å². The molecule has 0 aliphatic heterocycles. The number of aromatic nitrogens is 1. The average molecular weight is 194 g/mol. The van der Waals surface area contributed by atoms with Crippen LogP contribution in [-0.4, -0.2) is 11.0 Å². The quantitative estimate of drug-likeness (QED) is 0.801. The molecular formula is C11H18N2O. The van der Waals surface area contributed by atoms with Crippen LogP contribution in [0.3, 0.4) is 0 Å². The first kappa shape index (κ1) is 9.71. The van der Waals surface area contributed by atoms with Crippen molar-refractivity contribution in [1.29, 1.82) is 0 Å².